The molecule has 1 aromatic carbocycles. The smallest absolute Gasteiger partial charge is 0.227 e. The van der Waals surface area contributed by atoms with E-state index in [2.05, 4.69) is 4.98 Å². The van der Waals surface area contributed by atoms with Gasteiger partial charge in [0.1, 0.15) is 11.5 Å². The molecule has 0 saturated carbocycles. The number of benzene rings is 1. The van der Waals surface area contributed by atoms with Crippen LogP contribution in [-0.4, -0.2) is 51.1 Å². The number of carbonyl (C=O) groups excluding carboxylic acids is 2. The molecule has 1 saturated heterocycles. The highest BCUT2D eigenvalue weighted by molar-refractivity contribution is 5.83. The molecule has 1 aliphatic rings. The molecule has 0 spiro atoms. The largest absolute Gasteiger partial charge is 0.342 e. The van der Waals surface area contributed by atoms with Gasteiger partial charge < -0.3 is 14.2 Å². The zero-order valence-electron chi connectivity index (χ0n) is 17.0. The molecule has 1 aliphatic heterocycles. The lowest BCUT2D eigenvalue weighted by molar-refractivity contribution is -0.142. The summed E-state index contributed by atoms with van der Waals surface area (Å²) in [6.07, 6.45) is 5.22. The van der Waals surface area contributed by atoms with E-state index in [-0.39, 0.29) is 23.5 Å². The van der Waals surface area contributed by atoms with Gasteiger partial charge in [0.15, 0.2) is 0 Å². The van der Waals surface area contributed by atoms with Gasteiger partial charge in [0, 0.05) is 32.8 Å². The highest BCUT2D eigenvalue weighted by Crippen LogP contribution is 2.21. The summed E-state index contributed by atoms with van der Waals surface area (Å²) in [6, 6.07) is 12.2. The third-order valence-corrected chi connectivity index (χ3v) is 5.68. The van der Waals surface area contributed by atoms with Crippen LogP contribution in [0.1, 0.15) is 24.1 Å². The van der Waals surface area contributed by atoms with E-state index >= 15 is 0 Å². The molecule has 156 valence electrons. The number of imidazole rings is 1. The van der Waals surface area contributed by atoms with Crippen LogP contribution in [-0.2, 0) is 22.6 Å². The van der Waals surface area contributed by atoms with Crippen molar-refractivity contribution in [3.63, 3.8) is 0 Å². The summed E-state index contributed by atoms with van der Waals surface area (Å²) >= 11 is 0. The second-order valence-electron chi connectivity index (χ2n) is 7.83. The summed E-state index contributed by atoms with van der Waals surface area (Å²) < 4.78 is 15.4. The highest BCUT2D eigenvalue weighted by Gasteiger charge is 2.31. The first kappa shape index (κ1) is 20.1. The van der Waals surface area contributed by atoms with Crippen molar-refractivity contribution >= 4 is 17.5 Å². The van der Waals surface area contributed by atoms with Crippen LogP contribution in [0.4, 0.5) is 4.39 Å². The van der Waals surface area contributed by atoms with Gasteiger partial charge in [-0.2, -0.15) is 0 Å². The molecular formula is C23H25FN4O2. The maximum absolute atomic E-state index is 13.4. The van der Waals surface area contributed by atoms with Crippen LogP contribution >= 0.6 is 0 Å². The Labute approximate surface area is 174 Å². The van der Waals surface area contributed by atoms with E-state index in [1.807, 2.05) is 34.9 Å². The summed E-state index contributed by atoms with van der Waals surface area (Å²) in [4.78, 5) is 33.2. The first-order valence-electron chi connectivity index (χ1n) is 10.2. The van der Waals surface area contributed by atoms with E-state index in [4.69, 9.17) is 0 Å². The lowest BCUT2D eigenvalue weighted by Gasteiger charge is -2.34. The Balaban J connectivity index is 1.37. The van der Waals surface area contributed by atoms with E-state index in [1.54, 1.807) is 29.1 Å². The van der Waals surface area contributed by atoms with Crippen LogP contribution in [0.5, 0.6) is 0 Å². The molecular weight excluding hydrogens is 383 g/mol. The predicted octanol–water partition coefficient (Wildman–Crippen LogP) is 2.91. The fourth-order valence-electron chi connectivity index (χ4n) is 4.02. The predicted molar refractivity (Wildman–Crippen MR) is 111 cm³/mol. The van der Waals surface area contributed by atoms with Crippen molar-refractivity contribution in [2.45, 2.75) is 25.8 Å². The van der Waals surface area contributed by atoms with Crippen LogP contribution in [0.2, 0.25) is 0 Å². The molecule has 6 nitrogen and oxygen atoms in total. The Hall–Kier alpha value is -3.22. The fraction of sp³-hybridized carbons (Fsp3) is 0.348. The Morgan fingerprint density at radius 1 is 1.27 bits per heavy atom. The Morgan fingerprint density at radius 2 is 2.13 bits per heavy atom. The first-order chi connectivity index (χ1) is 14.5. The van der Waals surface area contributed by atoms with Crippen molar-refractivity contribution in [2.75, 3.05) is 20.1 Å². The molecule has 3 aromatic rings. The van der Waals surface area contributed by atoms with Gasteiger partial charge in [-0.1, -0.05) is 18.2 Å². The molecule has 2 amide bonds. The van der Waals surface area contributed by atoms with Gasteiger partial charge in [0.2, 0.25) is 11.8 Å². The van der Waals surface area contributed by atoms with Gasteiger partial charge in [0.05, 0.1) is 24.4 Å². The van der Waals surface area contributed by atoms with E-state index < -0.39 is 0 Å². The summed E-state index contributed by atoms with van der Waals surface area (Å²) in [5, 5.41) is 0. The van der Waals surface area contributed by atoms with Crippen LogP contribution in [0.15, 0.2) is 54.9 Å². The van der Waals surface area contributed by atoms with Crippen molar-refractivity contribution in [1.82, 2.24) is 19.2 Å². The number of halogens is 1. The van der Waals surface area contributed by atoms with E-state index in [1.165, 1.54) is 12.1 Å². The second-order valence-corrected chi connectivity index (χ2v) is 7.83. The SMILES string of the molecule is CN(Cc1cnc2ccccn12)C(=O)[C@@H]1CCC(=O)N(CCc2cccc(F)c2)C1. The lowest BCUT2D eigenvalue weighted by atomic mass is 9.95. The summed E-state index contributed by atoms with van der Waals surface area (Å²) in [5.41, 5.74) is 2.64. The first-order valence-corrected chi connectivity index (χ1v) is 10.2. The molecule has 4 rings (SSSR count). The molecule has 0 unspecified atom stereocenters. The number of pyridine rings is 1. The second kappa shape index (κ2) is 8.65. The molecule has 7 heteroatoms. The lowest BCUT2D eigenvalue weighted by Crippen LogP contribution is -2.46. The van der Waals surface area contributed by atoms with Gasteiger partial charge in [-0.05, 0) is 42.7 Å². The minimum atomic E-state index is -0.278. The number of nitrogens with zero attached hydrogens (tertiary/aromatic N) is 4. The molecule has 0 aliphatic carbocycles. The molecule has 2 aromatic heterocycles. The quantitative estimate of drug-likeness (QED) is 0.630. The van der Waals surface area contributed by atoms with Gasteiger partial charge in [0.25, 0.3) is 0 Å². The van der Waals surface area contributed by atoms with Crippen LogP contribution in [0.25, 0.3) is 5.65 Å². The van der Waals surface area contributed by atoms with Crippen LogP contribution in [0.3, 0.4) is 0 Å². The monoisotopic (exact) mass is 408 g/mol. The highest BCUT2D eigenvalue weighted by atomic mass is 19.1. The van der Waals surface area contributed by atoms with Crippen LogP contribution < -0.4 is 0 Å². The topological polar surface area (TPSA) is 57.9 Å². The average Bonchev–Trinajstić information content (AvgIpc) is 3.15. The number of amides is 2. The molecule has 0 radical (unpaired) electrons. The number of fused-ring (bicyclic) bond motifs is 1. The summed E-state index contributed by atoms with van der Waals surface area (Å²) in [6.45, 7) is 1.35. The number of rotatable bonds is 6. The zero-order valence-corrected chi connectivity index (χ0v) is 17.0. The maximum atomic E-state index is 13.4. The van der Waals surface area contributed by atoms with Gasteiger partial charge in [-0.15, -0.1) is 0 Å². The average molecular weight is 408 g/mol. The van der Waals surface area contributed by atoms with Crippen molar-refractivity contribution in [3.8, 4) is 0 Å². The van der Waals surface area contributed by atoms with Gasteiger partial charge >= 0.3 is 0 Å². The van der Waals surface area contributed by atoms with E-state index in [0.717, 1.165) is 16.9 Å². The van der Waals surface area contributed by atoms with Crippen LogP contribution in [0, 0.1) is 11.7 Å². The minimum Gasteiger partial charge on any atom is -0.342 e. The van der Waals surface area contributed by atoms with Crippen molar-refractivity contribution in [2.24, 2.45) is 5.92 Å². The standard InChI is InChI=1S/C23H25FN4O2/c1-26(16-20-14-25-21-7-2-3-11-28(20)21)23(30)18-8-9-22(29)27(15-18)12-10-17-5-4-6-19(24)13-17/h2-7,11,13-14,18H,8-10,12,15-16H2,1H3/t18-/m1/s1. The normalized spacial score (nSPS) is 16.8. The van der Waals surface area contributed by atoms with E-state index in [0.29, 0.717) is 38.9 Å². The third-order valence-electron chi connectivity index (χ3n) is 5.68. The number of piperidine rings is 1. The number of likely N-dealkylation sites (tertiary alicyclic amines) is 1. The molecule has 3 heterocycles. The number of carbonyl (C=O) groups is 2. The van der Waals surface area contributed by atoms with Crippen molar-refractivity contribution in [3.05, 3.63) is 71.9 Å². The van der Waals surface area contributed by atoms with Gasteiger partial charge in [-0.25, -0.2) is 9.37 Å². The van der Waals surface area contributed by atoms with E-state index in [9.17, 15) is 14.0 Å². The molecule has 0 N–H and O–H groups in total. The third kappa shape index (κ3) is 4.35. The fourth-order valence-corrected chi connectivity index (χ4v) is 4.02. The molecule has 1 atom stereocenters. The molecule has 1 fully saturated rings. The summed E-state index contributed by atoms with van der Waals surface area (Å²) in [5.74, 6) is -0.414. The number of hydrogen-bond donors (Lipinski definition) is 0. The zero-order chi connectivity index (χ0) is 21.1. The van der Waals surface area contributed by atoms with Crippen molar-refractivity contribution < 1.29 is 14.0 Å². The van der Waals surface area contributed by atoms with Gasteiger partial charge in [-0.3, -0.25) is 9.59 Å². The summed E-state index contributed by atoms with van der Waals surface area (Å²) in [7, 11) is 1.79. The molecule has 30 heavy (non-hydrogen) atoms. The Bertz CT molecular complexity index is 1060. The number of hydrogen-bond acceptors (Lipinski definition) is 3. The number of aromatic nitrogens is 2. The molecule has 0 bridgehead atoms. The minimum absolute atomic E-state index is 0.0316. The maximum Gasteiger partial charge on any atom is 0.227 e. The Morgan fingerprint density at radius 3 is 2.97 bits per heavy atom. The Kier molecular flexibility index (Phi) is 5.79. The van der Waals surface area contributed by atoms with Crippen molar-refractivity contribution in [1.29, 1.82) is 0 Å².